The minimum absolute atomic E-state index is 0.0180. The van der Waals surface area contributed by atoms with Crippen molar-refractivity contribution in [3.05, 3.63) is 124 Å². The molecule has 0 saturated carbocycles. The average molecular weight is 779 g/mol. The second-order valence-corrected chi connectivity index (χ2v) is 14.7. The van der Waals surface area contributed by atoms with Gasteiger partial charge in [0, 0.05) is 27.6 Å². The lowest BCUT2D eigenvalue weighted by molar-refractivity contribution is -0.137. The molecule has 0 aliphatic carbocycles. The summed E-state index contributed by atoms with van der Waals surface area (Å²) < 4.78 is 93.1. The minimum Gasteiger partial charge on any atom is -0.399 e. The van der Waals surface area contributed by atoms with Crippen LogP contribution in [0.1, 0.15) is 49.9 Å². The third kappa shape index (κ3) is 7.21. The first-order valence-corrected chi connectivity index (χ1v) is 17.2. The first-order valence-electron chi connectivity index (χ1n) is 16.4. The Morgan fingerprint density at radius 3 is 1.46 bits per heavy atom. The van der Waals surface area contributed by atoms with E-state index in [9.17, 15) is 26.3 Å². The van der Waals surface area contributed by atoms with Crippen molar-refractivity contribution in [3.8, 4) is 22.3 Å². The summed E-state index contributed by atoms with van der Waals surface area (Å²) in [6.07, 6.45) is -5.90. The van der Waals surface area contributed by atoms with Gasteiger partial charge < -0.3 is 9.31 Å². The van der Waals surface area contributed by atoms with Crippen LogP contribution < -0.4 is 5.46 Å². The monoisotopic (exact) mass is 778 g/mol. The molecule has 0 N–H and O–H groups in total. The lowest BCUT2D eigenvalue weighted by Crippen LogP contribution is -2.41. The van der Waals surface area contributed by atoms with Crippen molar-refractivity contribution in [3.63, 3.8) is 0 Å². The summed E-state index contributed by atoms with van der Waals surface area (Å²) in [7, 11) is -0.547. The van der Waals surface area contributed by atoms with Crippen molar-refractivity contribution in [2.24, 2.45) is 0 Å². The Labute approximate surface area is 306 Å². The van der Waals surface area contributed by atoms with Gasteiger partial charge in [-0.05, 0) is 105 Å². The molecule has 52 heavy (non-hydrogen) atoms. The molecule has 0 radical (unpaired) electrons. The van der Waals surface area contributed by atoms with Gasteiger partial charge in [-0.3, -0.25) is 9.97 Å². The van der Waals surface area contributed by atoms with Crippen LogP contribution >= 0.6 is 15.9 Å². The van der Waals surface area contributed by atoms with Crippen molar-refractivity contribution in [1.29, 1.82) is 0 Å². The molecule has 4 nitrogen and oxygen atoms in total. The fourth-order valence-electron chi connectivity index (χ4n) is 6.33. The van der Waals surface area contributed by atoms with E-state index in [0.29, 0.717) is 10.8 Å². The number of hydrogen-bond acceptors (Lipinski definition) is 4. The van der Waals surface area contributed by atoms with E-state index in [1.54, 1.807) is 12.1 Å². The smallest absolute Gasteiger partial charge is 0.399 e. The third-order valence-electron chi connectivity index (χ3n) is 9.60. The van der Waals surface area contributed by atoms with E-state index in [1.807, 2.05) is 90.1 Å². The van der Waals surface area contributed by atoms with Gasteiger partial charge in [0.25, 0.3) is 0 Å². The van der Waals surface area contributed by atoms with Gasteiger partial charge in [-0.1, -0.05) is 76.6 Å². The van der Waals surface area contributed by atoms with E-state index in [2.05, 4.69) is 25.9 Å². The zero-order chi connectivity index (χ0) is 37.8. The quantitative estimate of drug-likeness (QED) is 0.133. The van der Waals surface area contributed by atoms with Crippen molar-refractivity contribution in [2.75, 3.05) is 0 Å². The van der Waals surface area contributed by atoms with Crippen molar-refractivity contribution >= 4 is 50.3 Å². The average Bonchev–Trinajstić information content (AvgIpc) is 3.29. The molecule has 1 aliphatic rings. The molecule has 0 bridgehead atoms. The van der Waals surface area contributed by atoms with Gasteiger partial charge in [-0.2, -0.15) is 26.3 Å². The summed E-state index contributed by atoms with van der Waals surface area (Å²) in [4.78, 5) is 8.13. The van der Waals surface area contributed by atoms with Crippen LogP contribution in [-0.4, -0.2) is 28.3 Å². The Hall–Kier alpha value is -4.26. The molecule has 2 aromatic heterocycles. The molecular weight excluding hydrogens is 745 g/mol. The summed E-state index contributed by atoms with van der Waals surface area (Å²) in [6.45, 7) is 11.6. The van der Waals surface area contributed by atoms with E-state index < -0.39 is 41.8 Å². The number of rotatable bonds is 3. The molecule has 0 spiro atoms. The van der Waals surface area contributed by atoms with Gasteiger partial charge in [0.05, 0.1) is 33.4 Å². The highest BCUT2D eigenvalue weighted by Crippen LogP contribution is 2.41. The highest BCUT2D eigenvalue weighted by Gasteiger charge is 2.51. The summed E-state index contributed by atoms with van der Waals surface area (Å²) in [6, 6.07) is 23.4. The fraction of sp³-hybridized carbons (Fsp3) is 0.250. The number of benzene rings is 4. The van der Waals surface area contributed by atoms with Crippen molar-refractivity contribution in [2.45, 2.75) is 65.1 Å². The van der Waals surface area contributed by atoms with Gasteiger partial charge in [0.15, 0.2) is 0 Å². The molecule has 268 valence electrons. The molecule has 7 rings (SSSR count). The predicted octanol–water partition coefficient (Wildman–Crippen LogP) is 11.5. The lowest BCUT2D eigenvalue weighted by atomic mass is 9.77. The first-order chi connectivity index (χ1) is 24.3. The lowest BCUT2D eigenvalue weighted by Gasteiger charge is -2.32. The maximum absolute atomic E-state index is 13.5. The van der Waals surface area contributed by atoms with Gasteiger partial charge in [-0.25, -0.2) is 0 Å². The zero-order valence-corrected chi connectivity index (χ0v) is 30.8. The number of halogens is 7. The maximum Gasteiger partial charge on any atom is 0.494 e. The predicted molar refractivity (Wildman–Crippen MR) is 197 cm³/mol. The highest BCUT2D eigenvalue weighted by atomic mass is 79.9. The number of fused-ring (bicyclic) bond motifs is 2. The van der Waals surface area contributed by atoms with Crippen molar-refractivity contribution < 1.29 is 35.7 Å². The van der Waals surface area contributed by atoms with Crippen LogP contribution in [0.15, 0.2) is 102 Å². The zero-order valence-electron chi connectivity index (χ0n) is 29.2. The van der Waals surface area contributed by atoms with E-state index in [4.69, 9.17) is 9.31 Å². The topological polar surface area (TPSA) is 44.2 Å². The number of pyridine rings is 2. The van der Waals surface area contributed by atoms with Crippen LogP contribution in [0.4, 0.5) is 26.3 Å². The Morgan fingerprint density at radius 2 is 1.02 bits per heavy atom. The minimum atomic E-state index is -4.47. The maximum atomic E-state index is 13.5. The van der Waals surface area contributed by atoms with Crippen LogP contribution in [0.5, 0.6) is 0 Å². The Morgan fingerprint density at radius 1 is 0.596 bits per heavy atom. The molecule has 1 fully saturated rings. The number of nitrogens with zero attached hydrogens (tertiary/aromatic N) is 2. The number of aryl methyl sites for hydroxylation is 2. The SMILES string of the molecule is Cc1cnc2c(C(F)(F)F)cccc2c1-c1cccc(B2OC(C)(C)C(C)(C)O2)c1.Cc1cnc2c(C(F)(F)F)cccc2c1-c1cccc(Br)c1. The van der Waals surface area contributed by atoms with Gasteiger partial charge >= 0.3 is 19.5 Å². The molecule has 4 aromatic carbocycles. The van der Waals surface area contributed by atoms with E-state index in [-0.39, 0.29) is 11.0 Å². The number of hydrogen-bond donors (Lipinski definition) is 0. The Kier molecular flexibility index (Phi) is 9.82. The molecule has 0 atom stereocenters. The largest absolute Gasteiger partial charge is 0.494 e. The fourth-order valence-corrected chi connectivity index (χ4v) is 6.73. The van der Waals surface area contributed by atoms with Crippen LogP contribution in [0.2, 0.25) is 0 Å². The summed E-state index contributed by atoms with van der Waals surface area (Å²) >= 11 is 3.40. The van der Waals surface area contributed by atoms with Crippen LogP contribution in [0.3, 0.4) is 0 Å². The van der Waals surface area contributed by atoms with E-state index in [0.717, 1.165) is 55.4 Å². The number of aromatic nitrogens is 2. The number of alkyl halides is 6. The molecule has 3 heterocycles. The Balaban J connectivity index is 0.000000187. The first kappa shape index (κ1) is 37.5. The van der Waals surface area contributed by atoms with Crippen LogP contribution in [-0.2, 0) is 21.7 Å². The second-order valence-electron chi connectivity index (χ2n) is 13.8. The number of para-hydroxylation sites is 2. The third-order valence-corrected chi connectivity index (χ3v) is 10.1. The highest BCUT2D eigenvalue weighted by molar-refractivity contribution is 9.10. The molecule has 1 aliphatic heterocycles. The normalized spacial score (nSPS) is 15.5. The van der Waals surface area contributed by atoms with Gasteiger partial charge in [-0.15, -0.1) is 0 Å². The van der Waals surface area contributed by atoms with Crippen molar-refractivity contribution in [1.82, 2.24) is 9.97 Å². The van der Waals surface area contributed by atoms with E-state index in [1.165, 1.54) is 24.5 Å². The molecule has 6 aromatic rings. The molecule has 12 heteroatoms. The standard InChI is InChI=1S/C23H23BF3NO2.C17H11BrF3N/c1-14-13-28-20-17(10-7-11-18(20)23(25,26)27)19(14)15-8-6-9-16(12-15)24-29-21(2,3)22(4,5)30-24;1-10-9-22-16-13(6-3-7-14(16)17(19,20)21)15(10)11-4-2-5-12(18)8-11/h6-13H,1-5H3;2-9H,1H3. The summed E-state index contributed by atoms with van der Waals surface area (Å²) in [5, 5.41) is 0.976. The van der Waals surface area contributed by atoms with Crippen LogP contribution in [0.25, 0.3) is 44.1 Å². The van der Waals surface area contributed by atoms with E-state index >= 15 is 0 Å². The summed E-state index contributed by atoms with van der Waals surface area (Å²) in [5.74, 6) is 0. The van der Waals surface area contributed by atoms with Crippen LogP contribution in [0, 0.1) is 13.8 Å². The molecule has 1 saturated heterocycles. The second kappa shape index (κ2) is 13.6. The molecular formula is C40H34BBrF6N2O2. The Bertz CT molecular complexity index is 2290. The van der Waals surface area contributed by atoms with Gasteiger partial charge in [0.2, 0.25) is 0 Å². The molecule has 0 unspecified atom stereocenters. The molecule has 0 amide bonds. The van der Waals surface area contributed by atoms with Gasteiger partial charge in [0.1, 0.15) is 0 Å². The summed E-state index contributed by atoms with van der Waals surface area (Å²) in [5.41, 5.74) is 3.15.